The minimum absolute atomic E-state index is 0. The van der Waals surface area contributed by atoms with Crippen LogP contribution in [0, 0.1) is 13.8 Å². The first-order chi connectivity index (χ1) is 10.1. The van der Waals surface area contributed by atoms with Gasteiger partial charge in [-0.3, -0.25) is 0 Å². The molecule has 0 saturated carbocycles. The molecule has 0 fully saturated rings. The van der Waals surface area contributed by atoms with Gasteiger partial charge in [0.15, 0.2) is 0 Å². The molecular formula is C20H29Cl3SiTi. The van der Waals surface area contributed by atoms with Crippen LogP contribution in [-0.4, -0.2) is 8.07 Å². The van der Waals surface area contributed by atoms with Crippen LogP contribution in [0.15, 0.2) is 38.8 Å². The molecule has 0 saturated heterocycles. The summed E-state index contributed by atoms with van der Waals surface area (Å²) >= 11 is 2.37. The van der Waals surface area contributed by atoms with Crippen LogP contribution in [0.1, 0.15) is 45.7 Å². The molecule has 0 amide bonds. The maximum absolute atomic E-state index is 2.60. The third kappa shape index (κ3) is 4.18. The number of benzene rings is 1. The fraction of sp³-hybridized carbons (Fsp3) is 0.500. The summed E-state index contributed by atoms with van der Waals surface area (Å²) in [7, 11) is -1.68. The summed E-state index contributed by atoms with van der Waals surface area (Å²) in [6, 6.07) is 8.49. The molecule has 0 aliphatic heterocycles. The Morgan fingerprint density at radius 1 is 0.880 bits per heavy atom. The summed E-state index contributed by atoms with van der Waals surface area (Å²) in [5, 5.41) is 1.87. The Morgan fingerprint density at radius 3 is 1.64 bits per heavy atom. The fourth-order valence-electron chi connectivity index (χ4n) is 4.24. The van der Waals surface area contributed by atoms with Gasteiger partial charge in [0.05, 0.1) is 0 Å². The molecule has 1 aliphatic rings. The Balaban J connectivity index is 0. The number of hydrogen-bond donors (Lipinski definition) is 0. The maximum Gasteiger partial charge on any atom is -1.00 e. The molecular weight excluding hydrogens is 423 g/mol. The van der Waals surface area contributed by atoms with Gasteiger partial charge in [0.25, 0.3) is 0 Å². The van der Waals surface area contributed by atoms with Crippen LogP contribution < -0.4 is 42.4 Å². The maximum atomic E-state index is 2.60. The Bertz CT molecular complexity index is 650. The molecule has 2 unspecified atom stereocenters. The van der Waals surface area contributed by atoms with E-state index in [1.54, 1.807) is 14.6 Å². The molecule has 0 N–H and O–H groups in total. The third-order valence-electron chi connectivity index (χ3n) is 6.42. The molecule has 0 bridgehead atoms. The molecule has 1 aromatic rings. The van der Waals surface area contributed by atoms with E-state index in [-0.39, 0.29) is 42.3 Å². The first kappa shape index (κ1) is 27.7. The summed E-state index contributed by atoms with van der Waals surface area (Å²) in [4.78, 5) is 0. The van der Waals surface area contributed by atoms with Gasteiger partial charge in [-0.1, -0.05) is 0 Å². The van der Waals surface area contributed by atoms with Gasteiger partial charge < -0.3 is 37.2 Å². The van der Waals surface area contributed by atoms with Crippen molar-refractivity contribution >= 4 is 13.3 Å². The summed E-state index contributed by atoms with van der Waals surface area (Å²) in [6.07, 6.45) is 0. The third-order valence-corrected chi connectivity index (χ3v) is 14.0. The van der Waals surface area contributed by atoms with Crippen molar-refractivity contribution < 1.29 is 57.7 Å². The quantitative estimate of drug-likeness (QED) is 0.420. The number of halogens is 3. The number of rotatable bonds is 3. The van der Waals surface area contributed by atoms with Crippen LogP contribution in [0.5, 0.6) is 0 Å². The zero-order valence-electron chi connectivity index (χ0n) is 16.6. The molecule has 25 heavy (non-hydrogen) atoms. The van der Waals surface area contributed by atoms with E-state index in [0.29, 0.717) is 0 Å². The Labute approximate surface area is 186 Å². The average Bonchev–Trinajstić information content (AvgIpc) is 2.62. The molecule has 1 aromatic carbocycles. The van der Waals surface area contributed by atoms with Crippen molar-refractivity contribution in [3.05, 3.63) is 49.9 Å². The second-order valence-electron chi connectivity index (χ2n) is 7.44. The second-order valence-corrected chi connectivity index (χ2v) is 13.2. The van der Waals surface area contributed by atoms with Crippen LogP contribution in [0.2, 0.25) is 17.6 Å². The van der Waals surface area contributed by atoms with Crippen LogP contribution in [0.4, 0.5) is 0 Å². The van der Waals surface area contributed by atoms with Crippen molar-refractivity contribution in [2.75, 3.05) is 0 Å². The van der Waals surface area contributed by atoms with E-state index in [4.69, 9.17) is 0 Å². The molecule has 138 valence electrons. The largest absolute Gasteiger partial charge is 1.00 e. The van der Waals surface area contributed by atoms with Crippen molar-refractivity contribution in [2.24, 2.45) is 0 Å². The summed E-state index contributed by atoms with van der Waals surface area (Å²) in [5.41, 5.74) is 7.46. The summed E-state index contributed by atoms with van der Waals surface area (Å²) < 4.78 is 1.61. The van der Waals surface area contributed by atoms with E-state index in [0.717, 1.165) is 0 Å². The van der Waals surface area contributed by atoms with Gasteiger partial charge in [0.1, 0.15) is 0 Å². The molecule has 2 atom stereocenters. The zero-order valence-corrected chi connectivity index (χ0v) is 21.4. The van der Waals surface area contributed by atoms with Crippen molar-refractivity contribution in [3.8, 4) is 0 Å². The molecule has 0 radical (unpaired) electrons. The van der Waals surface area contributed by atoms with E-state index < -0.39 is 8.07 Å². The van der Waals surface area contributed by atoms with Crippen LogP contribution in [-0.2, 0) is 20.4 Å². The number of allylic oxidation sites excluding steroid dienone is 4. The minimum Gasteiger partial charge on any atom is -1.00 e. The predicted molar refractivity (Wildman–Crippen MR) is 97.1 cm³/mol. The second kappa shape index (κ2) is 9.62. The molecule has 1 aliphatic carbocycles. The molecule has 0 heterocycles. The Hall–Kier alpha value is 0.501. The van der Waals surface area contributed by atoms with Crippen molar-refractivity contribution in [1.29, 1.82) is 0 Å². The van der Waals surface area contributed by atoms with E-state index >= 15 is 0 Å². The van der Waals surface area contributed by atoms with E-state index in [1.165, 1.54) is 28.3 Å². The molecule has 5 heteroatoms. The first-order valence-electron chi connectivity index (χ1n) is 8.29. The number of aryl methyl sites for hydroxylation is 2. The minimum atomic E-state index is -1.68. The Kier molecular flexibility index (Phi) is 10.7. The average molecular weight is 452 g/mol. The summed E-state index contributed by atoms with van der Waals surface area (Å²) in [6.45, 7) is 19.0. The van der Waals surface area contributed by atoms with Gasteiger partial charge >= 0.3 is 150 Å². The smallest absolute Gasteiger partial charge is 1.00 e. The molecule has 0 nitrogen and oxygen atoms in total. The number of hydrogen-bond acceptors (Lipinski definition) is 0. The van der Waals surface area contributed by atoms with E-state index in [9.17, 15) is 0 Å². The van der Waals surface area contributed by atoms with Crippen LogP contribution >= 0.6 is 0 Å². The van der Waals surface area contributed by atoms with E-state index in [1.807, 2.05) is 0 Å². The topological polar surface area (TPSA) is 0 Å². The van der Waals surface area contributed by atoms with Crippen LogP contribution in [0.3, 0.4) is 0 Å². The molecule has 0 spiro atoms. The fourth-order valence-corrected chi connectivity index (χ4v) is 10.7. The van der Waals surface area contributed by atoms with Crippen molar-refractivity contribution in [2.45, 2.75) is 66.1 Å². The monoisotopic (exact) mass is 450 g/mol. The van der Waals surface area contributed by atoms with Gasteiger partial charge in [-0.2, -0.15) is 0 Å². The van der Waals surface area contributed by atoms with E-state index in [2.05, 4.69) is 93.6 Å². The summed E-state index contributed by atoms with van der Waals surface area (Å²) in [5.74, 6) is 0. The van der Waals surface area contributed by atoms with Gasteiger partial charge in [0.2, 0.25) is 0 Å². The normalized spacial score (nSPS) is 22.0. The Morgan fingerprint density at radius 2 is 1.32 bits per heavy atom. The molecule has 2 rings (SSSR count). The zero-order chi connectivity index (χ0) is 16.9. The van der Waals surface area contributed by atoms with Gasteiger partial charge in [-0.05, 0) is 0 Å². The van der Waals surface area contributed by atoms with Crippen LogP contribution in [0.25, 0.3) is 0 Å². The van der Waals surface area contributed by atoms with Crippen molar-refractivity contribution in [1.82, 2.24) is 0 Å². The standard InChI is InChI=1S/C20H29Si.3ClH.Ti/c1-9-21(8,19-11-14(2)10-15(3)12-19)20(7)13-16(4)17(5)18(20)6;;;;/h10-12H,9H2,1-8H3;3*1H;/q;;;;+3/p-3. The first-order valence-corrected chi connectivity index (χ1v) is 11.8. The SMILES string of the molecule is CC[Si](C)(c1cc(C)cc(C)c1)C1(C)C(C)=C(C)C(C)=[C]1[Ti+3].[Cl-].[Cl-].[Cl-]. The predicted octanol–water partition coefficient (Wildman–Crippen LogP) is -3.45. The van der Waals surface area contributed by atoms with Gasteiger partial charge in [-0.25, -0.2) is 0 Å². The molecule has 0 aromatic heterocycles. The van der Waals surface area contributed by atoms with Gasteiger partial charge in [-0.15, -0.1) is 0 Å². The van der Waals surface area contributed by atoms with Gasteiger partial charge in [0, 0.05) is 0 Å². The van der Waals surface area contributed by atoms with Crippen molar-refractivity contribution in [3.63, 3.8) is 0 Å².